The first-order chi connectivity index (χ1) is 12.2. The van der Waals surface area contributed by atoms with Crippen LogP contribution in [0.3, 0.4) is 0 Å². The fourth-order valence-electron chi connectivity index (χ4n) is 3.59. The molecule has 0 spiro atoms. The molecule has 1 fully saturated rings. The number of hydrogen-bond donors (Lipinski definition) is 1. The summed E-state index contributed by atoms with van der Waals surface area (Å²) in [6.07, 6.45) is 13.0. The van der Waals surface area contributed by atoms with Crippen molar-refractivity contribution in [1.82, 2.24) is 25.3 Å². The summed E-state index contributed by atoms with van der Waals surface area (Å²) in [6.45, 7) is 1.53. The predicted molar refractivity (Wildman–Crippen MR) is 94.9 cm³/mol. The van der Waals surface area contributed by atoms with Gasteiger partial charge in [0.1, 0.15) is 0 Å². The molecule has 25 heavy (non-hydrogen) atoms. The number of aryl methyl sites for hydroxylation is 1. The van der Waals surface area contributed by atoms with Gasteiger partial charge in [-0.05, 0) is 38.2 Å². The molecule has 2 aromatic rings. The lowest BCUT2D eigenvalue weighted by Gasteiger charge is -2.41. The van der Waals surface area contributed by atoms with Crippen LogP contribution in [0.4, 0.5) is 5.95 Å². The van der Waals surface area contributed by atoms with Gasteiger partial charge in [0.05, 0.1) is 11.1 Å². The molecule has 3 heterocycles. The van der Waals surface area contributed by atoms with E-state index in [1.807, 2.05) is 0 Å². The van der Waals surface area contributed by atoms with Crippen LogP contribution >= 0.6 is 0 Å². The number of carbonyl (C=O) groups excluding carboxylic acids is 1. The van der Waals surface area contributed by atoms with Crippen LogP contribution in [-0.4, -0.2) is 46.0 Å². The molecule has 132 valence electrons. The molecule has 1 saturated heterocycles. The maximum Gasteiger partial charge on any atom is 0.227 e. The fraction of sp³-hybridized carbons (Fsp3) is 0.500. The summed E-state index contributed by atoms with van der Waals surface area (Å²) in [7, 11) is 1.71. The first-order valence-electron chi connectivity index (χ1n) is 8.72. The summed E-state index contributed by atoms with van der Waals surface area (Å²) in [5.41, 5.74) is 0.558. The van der Waals surface area contributed by atoms with E-state index in [0.29, 0.717) is 12.5 Å². The Bertz CT molecular complexity index is 680. The highest BCUT2D eigenvalue weighted by Crippen LogP contribution is 2.36. The number of nitrogens with zero attached hydrogens (tertiary/aromatic N) is 5. The van der Waals surface area contributed by atoms with Gasteiger partial charge in [0.2, 0.25) is 11.9 Å². The quantitative estimate of drug-likeness (QED) is 0.860. The van der Waals surface area contributed by atoms with Crippen molar-refractivity contribution in [2.45, 2.75) is 32.1 Å². The first-order valence-corrected chi connectivity index (χ1v) is 8.72. The van der Waals surface area contributed by atoms with Crippen LogP contribution in [0.1, 0.15) is 31.4 Å². The molecule has 1 amide bonds. The zero-order valence-electron chi connectivity index (χ0n) is 14.6. The van der Waals surface area contributed by atoms with Crippen LogP contribution < -0.4 is 10.2 Å². The fourth-order valence-corrected chi connectivity index (χ4v) is 3.59. The van der Waals surface area contributed by atoms with Gasteiger partial charge in [-0.25, -0.2) is 9.97 Å². The van der Waals surface area contributed by atoms with E-state index in [4.69, 9.17) is 0 Å². The lowest BCUT2D eigenvalue weighted by molar-refractivity contribution is -0.131. The predicted octanol–water partition coefficient (Wildman–Crippen LogP) is 1.62. The second kappa shape index (κ2) is 8.00. The molecule has 7 heteroatoms. The number of carbonyl (C=O) groups is 1. The molecule has 1 N–H and O–H groups in total. The van der Waals surface area contributed by atoms with Gasteiger partial charge in [-0.2, -0.15) is 0 Å². The Morgan fingerprint density at radius 2 is 2.08 bits per heavy atom. The van der Waals surface area contributed by atoms with Crippen LogP contribution in [0.25, 0.3) is 0 Å². The molecule has 2 aromatic heterocycles. The van der Waals surface area contributed by atoms with Crippen molar-refractivity contribution < 1.29 is 4.79 Å². The van der Waals surface area contributed by atoms with Crippen molar-refractivity contribution in [3.63, 3.8) is 0 Å². The minimum Gasteiger partial charge on any atom is -0.359 e. The number of piperidine rings is 1. The lowest BCUT2D eigenvalue weighted by atomic mass is 9.75. The van der Waals surface area contributed by atoms with Gasteiger partial charge >= 0.3 is 0 Å². The zero-order valence-corrected chi connectivity index (χ0v) is 14.6. The number of aromatic nitrogens is 4. The minimum absolute atomic E-state index is 0.104. The van der Waals surface area contributed by atoms with E-state index >= 15 is 0 Å². The Labute approximate surface area is 147 Å². The van der Waals surface area contributed by atoms with Crippen molar-refractivity contribution in [1.29, 1.82) is 0 Å². The van der Waals surface area contributed by atoms with Gasteiger partial charge in [-0.3, -0.25) is 14.8 Å². The smallest absolute Gasteiger partial charge is 0.227 e. The van der Waals surface area contributed by atoms with Gasteiger partial charge in [0.25, 0.3) is 0 Å². The molecule has 0 unspecified atom stereocenters. The van der Waals surface area contributed by atoms with E-state index in [9.17, 15) is 4.79 Å². The van der Waals surface area contributed by atoms with E-state index in [0.717, 1.165) is 44.3 Å². The van der Waals surface area contributed by atoms with Crippen molar-refractivity contribution in [3.8, 4) is 0 Å². The third kappa shape index (κ3) is 4.10. The van der Waals surface area contributed by atoms with E-state index in [1.54, 1.807) is 44.1 Å². The largest absolute Gasteiger partial charge is 0.359 e. The molecule has 0 radical (unpaired) electrons. The normalized spacial score (nSPS) is 20.3. The summed E-state index contributed by atoms with van der Waals surface area (Å²) < 4.78 is 0. The number of amides is 1. The molecular weight excluding hydrogens is 316 g/mol. The molecule has 0 saturated carbocycles. The topological polar surface area (TPSA) is 83.9 Å². The number of anilines is 1. The monoisotopic (exact) mass is 340 g/mol. The second-order valence-corrected chi connectivity index (χ2v) is 6.48. The SMILES string of the molecule is CNC(=O)[C@]1(CCCc2cnccn2)CCCN(c2ncccn2)C1. The number of rotatable bonds is 6. The third-order valence-electron chi connectivity index (χ3n) is 4.83. The average molecular weight is 340 g/mol. The first kappa shape index (κ1) is 17.3. The number of nitrogens with one attached hydrogen (secondary N) is 1. The van der Waals surface area contributed by atoms with Crippen LogP contribution in [0.15, 0.2) is 37.1 Å². The zero-order chi connectivity index (χ0) is 17.5. The molecule has 3 rings (SSSR count). The molecule has 0 aromatic carbocycles. The number of hydrogen-bond acceptors (Lipinski definition) is 6. The van der Waals surface area contributed by atoms with Gasteiger partial charge < -0.3 is 10.2 Å². The molecule has 1 aliphatic heterocycles. The summed E-state index contributed by atoms with van der Waals surface area (Å²) in [5.74, 6) is 0.802. The van der Waals surface area contributed by atoms with E-state index in [2.05, 4.69) is 30.2 Å². The lowest BCUT2D eigenvalue weighted by Crippen LogP contribution is -2.52. The Hall–Kier alpha value is -2.57. The molecule has 1 atom stereocenters. The average Bonchev–Trinajstić information content (AvgIpc) is 2.69. The maximum atomic E-state index is 12.7. The highest BCUT2D eigenvalue weighted by atomic mass is 16.2. The minimum atomic E-state index is -0.408. The maximum absolute atomic E-state index is 12.7. The summed E-state index contributed by atoms with van der Waals surface area (Å²) in [5, 5.41) is 2.86. The molecular formula is C18H24N6O. The van der Waals surface area contributed by atoms with Gasteiger partial charge in [-0.1, -0.05) is 0 Å². The van der Waals surface area contributed by atoms with Gasteiger partial charge in [0.15, 0.2) is 0 Å². The Morgan fingerprint density at radius 1 is 1.24 bits per heavy atom. The van der Waals surface area contributed by atoms with E-state index < -0.39 is 5.41 Å². The Morgan fingerprint density at radius 3 is 2.80 bits per heavy atom. The van der Waals surface area contributed by atoms with Crippen molar-refractivity contribution in [2.24, 2.45) is 5.41 Å². The molecule has 0 aliphatic carbocycles. The molecule has 1 aliphatic rings. The third-order valence-corrected chi connectivity index (χ3v) is 4.83. The second-order valence-electron chi connectivity index (χ2n) is 6.48. The van der Waals surface area contributed by atoms with Gasteiger partial charge in [-0.15, -0.1) is 0 Å². The van der Waals surface area contributed by atoms with Gasteiger partial charge in [0, 0.05) is 51.1 Å². The molecule has 0 bridgehead atoms. The standard InChI is InChI=1S/C18H24N6O/c1-19-16(25)18(6-2-5-15-13-20-10-11-21-15)7-3-12-24(14-18)17-22-8-4-9-23-17/h4,8-11,13H,2-3,5-7,12,14H2,1H3,(H,19,25)/t18-/m1/s1. The highest BCUT2D eigenvalue weighted by molar-refractivity contribution is 5.83. The molecule has 7 nitrogen and oxygen atoms in total. The summed E-state index contributed by atoms with van der Waals surface area (Å²) >= 11 is 0. The van der Waals surface area contributed by atoms with E-state index in [1.165, 1.54) is 0 Å². The summed E-state index contributed by atoms with van der Waals surface area (Å²) in [6, 6.07) is 1.81. The summed E-state index contributed by atoms with van der Waals surface area (Å²) in [4.78, 5) is 31.9. The van der Waals surface area contributed by atoms with E-state index in [-0.39, 0.29) is 5.91 Å². The van der Waals surface area contributed by atoms with Crippen LogP contribution in [-0.2, 0) is 11.2 Å². The Balaban J connectivity index is 1.70. The van der Waals surface area contributed by atoms with Crippen LogP contribution in [0.2, 0.25) is 0 Å². The highest BCUT2D eigenvalue weighted by Gasteiger charge is 2.41. The van der Waals surface area contributed by atoms with Crippen molar-refractivity contribution in [3.05, 3.63) is 42.7 Å². The van der Waals surface area contributed by atoms with Crippen molar-refractivity contribution in [2.75, 3.05) is 25.0 Å². The van der Waals surface area contributed by atoms with Crippen LogP contribution in [0, 0.1) is 5.41 Å². The van der Waals surface area contributed by atoms with Crippen LogP contribution in [0.5, 0.6) is 0 Å². The van der Waals surface area contributed by atoms with Crippen molar-refractivity contribution >= 4 is 11.9 Å². The Kier molecular flexibility index (Phi) is 5.53.